The molecule has 0 unspecified atom stereocenters. The van der Waals surface area contributed by atoms with E-state index in [-0.39, 0.29) is 18.5 Å². The molecule has 0 amide bonds. The molecule has 0 aromatic heterocycles. The van der Waals surface area contributed by atoms with E-state index in [1.165, 1.54) is 19.3 Å². The summed E-state index contributed by atoms with van der Waals surface area (Å²) in [6.07, 6.45) is 13.2. The van der Waals surface area contributed by atoms with Gasteiger partial charge in [-0.05, 0) is 36.6 Å². The van der Waals surface area contributed by atoms with Crippen LogP contribution in [0.25, 0.3) is 6.08 Å². The summed E-state index contributed by atoms with van der Waals surface area (Å²) in [4.78, 5) is 12.0. The van der Waals surface area contributed by atoms with Gasteiger partial charge in [-0.2, -0.15) is 0 Å². The fourth-order valence-electron chi connectivity index (χ4n) is 2.86. The maximum atomic E-state index is 12.0. The van der Waals surface area contributed by atoms with Crippen molar-refractivity contribution < 1.29 is 14.3 Å². The van der Waals surface area contributed by atoms with Crippen LogP contribution in [0.2, 0.25) is 0 Å². The highest BCUT2D eigenvalue weighted by molar-refractivity contribution is 5.92. The molecule has 0 radical (unpaired) electrons. The van der Waals surface area contributed by atoms with Gasteiger partial charge in [0.2, 0.25) is 6.79 Å². The van der Waals surface area contributed by atoms with Gasteiger partial charge in [-0.1, -0.05) is 43.6 Å². The lowest BCUT2D eigenvalue weighted by Gasteiger charge is -2.18. The zero-order chi connectivity index (χ0) is 14.5. The molecule has 1 heterocycles. The lowest BCUT2D eigenvalue weighted by molar-refractivity contribution is -0.119. The quantitative estimate of drug-likeness (QED) is 0.616. The average molecular weight is 284 g/mol. The fraction of sp³-hybridized carbons (Fsp3) is 0.389. The topological polar surface area (TPSA) is 35.5 Å². The van der Waals surface area contributed by atoms with Gasteiger partial charge < -0.3 is 9.47 Å². The number of fused-ring (bicyclic) bond motifs is 1. The van der Waals surface area contributed by atoms with Crippen LogP contribution in [-0.4, -0.2) is 12.6 Å². The van der Waals surface area contributed by atoms with Gasteiger partial charge in [0.05, 0.1) is 0 Å². The standard InChI is InChI=1S/C18H20O3/c19-16(15-7-2-1-3-8-15)9-5-4-6-14-10-11-17-18(12-14)21-13-20-17/h4-6,9-12,15H,1-3,7-8,13H2/b6-4+,9-5+. The number of hydrogen-bond acceptors (Lipinski definition) is 3. The van der Waals surface area contributed by atoms with Crippen molar-refractivity contribution in [1.82, 2.24) is 0 Å². The van der Waals surface area contributed by atoms with Crippen LogP contribution in [0, 0.1) is 5.92 Å². The molecule has 1 aliphatic heterocycles. The Bertz CT molecular complexity index is 566. The number of ketones is 1. The molecule has 0 N–H and O–H groups in total. The van der Waals surface area contributed by atoms with Crippen LogP contribution in [0.5, 0.6) is 11.5 Å². The summed E-state index contributed by atoms with van der Waals surface area (Å²) in [7, 11) is 0. The Morgan fingerprint density at radius 3 is 2.71 bits per heavy atom. The lowest BCUT2D eigenvalue weighted by Crippen LogP contribution is -2.15. The van der Waals surface area contributed by atoms with E-state index in [2.05, 4.69) is 0 Å². The zero-order valence-corrected chi connectivity index (χ0v) is 12.1. The summed E-state index contributed by atoms with van der Waals surface area (Å²) in [6, 6.07) is 5.81. The molecule has 1 aromatic carbocycles. The predicted molar refractivity (Wildman–Crippen MR) is 82.3 cm³/mol. The molecule has 0 saturated heterocycles. The Kier molecular flexibility index (Phi) is 4.39. The number of benzene rings is 1. The van der Waals surface area contributed by atoms with Gasteiger partial charge in [-0.15, -0.1) is 0 Å². The molecule has 3 nitrogen and oxygen atoms in total. The van der Waals surface area contributed by atoms with Crippen LogP contribution < -0.4 is 9.47 Å². The third kappa shape index (κ3) is 3.54. The minimum atomic E-state index is 0.244. The van der Waals surface area contributed by atoms with Gasteiger partial charge in [0.15, 0.2) is 17.3 Å². The molecule has 3 heteroatoms. The minimum Gasteiger partial charge on any atom is -0.454 e. The van der Waals surface area contributed by atoms with Crippen LogP contribution in [-0.2, 0) is 4.79 Å². The van der Waals surface area contributed by atoms with E-state index in [0.29, 0.717) is 0 Å². The highest BCUT2D eigenvalue weighted by Gasteiger charge is 2.18. The summed E-state index contributed by atoms with van der Waals surface area (Å²) in [6.45, 7) is 0.290. The number of rotatable bonds is 4. The van der Waals surface area contributed by atoms with Gasteiger partial charge in [0.25, 0.3) is 0 Å². The molecule has 3 rings (SSSR count). The van der Waals surface area contributed by atoms with Gasteiger partial charge in [0, 0.05) is 5.92 Å². The highest BCUT2D eigenvalue weighted by atomic mass is 16.7. The third-order valence-corrected chi connectivity index (χ3v) is 4.06. The van der Waals surface area contributed by atoms with Crippen molar-refractivity contribution in [3.8, 4) is 11.5 Å². The summed E-state index contributed by atoms with van der Waals surface area (Å²) in [5.74, 6) is 2.08. The van der Waals surface area contributed by atoms with Crippen LogP contribution in [0.4, 0.5) is 0 Å². The first kappa shape index (κ1) is 13.9. The van der Waals surface area contributed by atoms with E-state index < -0.39 is 0 Å². The maximum Gasteiger partial charge on any atom is 0.231 e. The Balaban J connectivity index is 1.56. The molecular weight excluding hydrogens is 264 g/mol. The Hall–Kier alpha value is -2.03. The Labute approximate surface area is 125 Å². The summed E-state index contributed by atoms with van der Waals surface area (Å²) < 4.78 is 10.6. The smallest absolute Gasteiger partial charge is 0.231 e. The van der Waals surface area contributed by atoms with Crippen molar-refractivity contribution >= 4 is 11.9 Å². The van der Waals surface area contributed by atoms with Crippen LogP contribution in [0.15, 0.2) is 36.4 Å². The SMILES string of the molecule is O=C(/C=C/C=C/c1ccc2c(c1)OCO2)C1CCCCC1. The molecule has 0 spiro atoms. The van der Waals surface area contributed by atoms with E-state index in [9.17, 15) is 4.79 Å². The number of ether oxygens (including phenoxy) is 2. The predicted octanol–water partition coefficient (Wildman–Crippen LogP) is 4.13. The molecule has 1 fully saturated rings. The van der Waals surface area contributed by atoms with E-state index in [4.69, 9.17) is 9.47 Å². The van der Waals surface area contributed by atoms with Crippen molar-refractivity contribution in [1.29, 1.82) is 0 Å². The lowest BCUT2D eigenvalue weighted by atomic mass is 9.86. The first-order valence-corrected chi connectivity index (χ1v) is 7.61. The summed E-state index contributed by atoms with van der Waals surface area (Å²) in [5.41, 5.74) is 1.04. The van der Waals surface area contributed by atoms with E-state index >= 15 is 0 Å². The molecule has 1 aromatic rings. The van der Waals surface area contributed by atoms with Crippen LogP contribution >= 0.6 is 0 Å². The van der Waals surface area contributed by atoms with Crippen molar-refractivity contribution in [2.45, 2.75) is 32.1 Å². The molecule has 1 aliphatic carbocycles. The van der Waals surface area contributed by atoms with E-state index in [1.54, 1.807) is 6.08 Å². The first-order chi connectivity index (χ1) is 10.3. The second-order valence-corrected chi connectivity index (χ2v) is 5.57. The molecule has 110 valence electrons. The Morgan fingerprint density at radius 1 is 1.05 bits per heavy atom. The molecule has 1 saturated carbocycles. The first-order valence-electron chi connectivity index (χ1n) is 7.61. The third-order valence-electron chi connectivity index (χ3n) is 4.06. The molecular formula is C18H20O3. The minimum absolute atomic E-state index is 0.244. The molecule has 0 atom stereocenters. The number of hydrogen-bond donors (Lipinski definition) is 0. The van der Waals surface area contributed by atoms with Crippen LogP contribution in [0.3, 0.4) is 0 Å². The van der Waals surface area contributed by atoms with Gasteiger partial charge in [0.1, 0.15) is 0 Å². The molecule has 21 heavy (non-hydrogen) atoms. The highest BCUT2D eigenvalue weighted by Crippen LogP contribution is 2.32. The van der Waals surface area contributed by atoms with Crippen molar-refractivity contribution in [3.05, 3.63) is 42.0 Å². The van der Waals surface area contributed by atoms with Gasteiger partial charge in [-0.25, -0.2) is 0 Å². The van der Waals surface area contributed by atoms with Crippen molar-refractivity contribution in [2.75, 3.05) is 6.79 Å². The van der Waals surface area contributed by atoms with Gasteiger partial charge >= 0.3 is 0 Å². The number of carbonyl (C=O) groups excluding carboxylic acids is 1. The molecule has 2 aliphatic rings. The second kappa shape index (κ2) is 6.61. The number of allylic oxidation sites excluding steroid dienone is 3. The molecule has 0 bridgehead atoms. The average Bonchev–Trinajstić information content (AvgIpc) is 3.00. The monoisotopic (exact) mass is 284 g/mol. The number of carbonyl (C=O) groups is 1. The summed E-state index contributed by atoms with van der Waals surface area (Å²) >= 11 is 0. The van der Waals surface area contributed by atoms with Crippen molar-refractivity contribution in [3.63, 3.8) is 0 Å². The van der Waals surface area contributed by atoms with Crippen LogP contribution in [0.1, 0.15) is 37.7 Å². The van der Waals surface area contributed by atoms with E-state index in [0.717, 1.165) is 29.9 Å². The van der Waals surface area contributed by atoms with Crippen molar-refractivity contribution in [2.24, 2.45) is 5.92 Å². The van der Waals surface area contributed by atoms with Gasteiger partial charge in [-0.3, -0.25) is 4.79 Å². The second-order valence-electron chi connectivity index (χ2n) is 5.57. The summed E-state index contributed by atoms with van der Waals surface area (Å²) in [5, 5.41) is 0. The zero-order valence-electron chi connectivity index (χ0n) is 12.1. The fourth-order valence-corrected chi connectivity index (χ4v) is 2.86. The normalized spacial score (nSPS) is 18.7. The Morgan fingerprint density at radius 2 is 1.86 bits per heavy atom. The maximum absolute atomic E-state index is 12.0. The largest absolute Gasteiger partial charge is 0.454 e. The van der Waals surface area contributed by atoms with E-state index in [1.807, 2.05) is 36.4 Å².